The van der Waals surface area contributed by atoms with Crippen LogP contribution in [-0.4, -0.2) is 19.8 Å². The number of nitrogens with two attached hydrogens (primary N) is 1. The molecule has 16 heavy (non-hydrogen) atoms. The van der Waals surface area contributed by atoms with Crippen molar-refractivity contribution in [3.05, 3.63) is 29.3 Å². The highest BCUT2D eigenvalue weighted by atomic mass is 16.5. The second-order valence-corrected chi connectivity index (χ2v) is 4.02. The molecule has 1 aromatic carbocycles. The summed E-state index contributed by atoms with van der Waals surface area (Å²) in [7, 11) is 0. The molecule has 0 amide bonds. The fourth-order valence-corrected chi connectivity index (χ4v) is 1.96. The summed E-state index contributed by atoms with van der Waals surface area (Å²) in [5, 5.41) is 3.20. The molecule has 2 rings (SSSR count). The Labute approximate surface area is 96.1 Å². The Morgan fingerprint density at radius 3 is 3.19 bits per heavy atom. The van der Waals surface area contributed by atoms with E-state index in [9.17, 15) is 0 Å². The summed E-state index contributed by atoms with van der Waals surface area (Å²) in [4.78, 5) is 0. The van der Waals surface area contributed by atoms with Crippen LogP contribution in [0.15, 0.2) is 18.2 Å². The minimum Gasteiger partial charge on any atom is -0.493 e. The minimum absolute atomic E-state index is 0.647. The lowest BCUT2D eigenvalue weighted by molar-refractivity contribution is 0.288. The van der Waals surface area contributed by atoms with Crippen LogP contribution in [-0.2, 0) is 12.8 Å². The summed E-state index contributed by atoms with van der Waals surface area (Å²) in [5.74, 6) is 6.23. The summed E-state index contributed by atoms with van der Waals surface area (Å²) in [6, 6.07) is 6.48. The van der Waals surface area contributed by atoms with Crippen LogP contribution in [0.5, 0.6) is 5.75 Å². The molecule has 0 spiro atoms. The quantitative estimate of drug-likeness (QED) is 0.294. The minimum atomic E-state index is 0.647. The summed E-state index contributed by atoms with van der Waals surface area (Å²) in [5.41, 5.74) is 5.28. The Morgan fingerprint density at radius 1 is 1.38 bits per heavy atom. The highest BCUT2D eigenvalue weighted by Gasteiger charge is 2.09. The molecule has 0 atom stereocenters. The number of hydrogen-bond donors (Lipinski definition) is 3. The molecule has 88 valence electrons. The van der Waals surface area contributed by atoms with Crippen LogP contribution in [0.3, 0.4) is 0 Å². The lowest BCUT2D eigenvalue weighted by Crippen LogP contribution is -2.34. The first-order chi connectivity index (χ1) is 7.90. The average molecular weight is 221 g/mol. The highest BCUT2D eigenvalue weighted by molar-refractivity contribution is 5.38. The van der Waals surface area contributed by atoms with Crippen molar-refractivity contribution in [2.45, 2.75) is 19.3 Å². The molecule has 0 unspecified atom stereocenters. The van der Waals surface area contributed by atoms with Crippen molar-refractivity contribution in [2.75, 3.05) is 19.8 Å². The molecular weight excluding hydrogens is 202 g/mol. The Balaban J connectivity index is 1.90. The third-order valence-electron chi connectivity index (χ3n) is 2.79. The van der Waals surface area contributed by atoms with Gasteiger partial charge in [-0.3, -0.25) is 5.84 Å². The number of fused-ring (bicyclic) bond motifs is 1. The lowest BCUT2D eigenvalue weighted by atomic mass is 10.0. The van der Waals surface area contributed by atoms with E-state index in [1.165, 1.54) is 11.1 Å². The molecule has 0 saturated heterocycles. The molecule has 0 aromatic heterocycles. The van der Waals surface area contributed by atoms with Gasteiger partial charge in [0, 0.05) is 6.54 Å². The van der Waals surface area contributed by atoms with Gasteiger partial charge >= 0.3 is 0 Å². The Hall–Kier alpha value is -1.10. The van der Waals surface area contributed by atoms with Crippen LogP contribution in [0.25, 0.3) is 0 Å². The summed E-state index contributed by atoms with van der Waals surface area (Å²) >= 11 is 0. The first-order valence-corrected chi connectivity index (χ1v) is 5.79. The molecule has 0 aliphatic carbocycles. The van der Waals surface area contributed by atoms with Crippen LogP contribution < -0.4 is 21.3 Å². The highest BCUT2D eigenvalue weighted by Crippen LogP contribution is 2.25. The smallest absolute Gasteiger partial charge is 0.122 e. The van der Waals surface area contributed by atoms with Crippen LogP contribution in [0.2, 0.25) is 0 Å². The third kappa shape index (κ3) is 2.95. The maximum atomic E-state index is 5.58. The number of aryl methyl sites for hydroxylation is 1. The first kappa shape index (κ1) is 11.4. The number of nitrogens with one attached hydrogen (secondary N) is 2. The number of rotatable bonds is 5. The summed E-state index contributed by atoms with van der Waals surface area (Å²) in [6.07, 6.45) is 3.29. The molecule has 0 fully saturated rings. The summed E-state index contributed by atoms with van der Waals surface area (Å²) in [6.45, 7) is 2.44. The third-order valence-corrected chi connectivity index (χ3v) is 2.79. The van der Waals surface area contributed by atoms with E-state index < -0.39 is 0 Å². The van der Waals surface area contributed by atoms with Crippen LogP contribution >= 0.6 is 0 Å². The standard InChI is InChI=1S/C12H19N3O/c13-15-9-14-6-5-10-3-4-12-11(8-10)2-1-7-16-12/h3-4,8,14-15H,1-2,5-7,9,13H2. The van der Waals surface area contributed by atoms with Gasteiger partial charge in [0.25, 0.3) is 0 Å². The van der Waals surface area contributed by atoms with E-state index in [2.05, 4.69) is 28.9 Å². The van der Waals surface area contributed by atoms with Crippen LogP contribution in [0.4, 0.5) is 0 Å². The molecule has 0 radical (unpaired) electrons. The number of ether oxygens (including phenoxy) is 1. The van der Waals surface area contributed by atoms with Gasteiger partial charge in [0.15, 0.2) is 0 Å². The second-order valence-electron chi connectivity index (χ2n) is 4.02. The fraction of sp³-hybridized carbons (Fsp3) is 0.500. The second kappa shape index (κ2) is 5.84. The molecule has 4 heteroatoms. The largest absolute Gasteiger partial charge is 0.493 e. The SMILES string of the molecule is NNCNCCc1ccc2c(c1)CCCO2. The van der Waals surface area contributed by atoms with Crippen LogP contribution in [0.1, 0.15) is 17.5 Å². The van der Waals surface area contributed by atoms with Crippen molar-refractivity contribution >= 4 is 0 Å². The van der Waals surface area contributed by atoms with Gasteiger partial charge in [-0.2, -0.15) is 0 Å². The normalized spacial score (nSPS) is 14.3. The van der Waals surface area contributed by atoms with Crippen molar-refractivity contribution < 1.29 is 4.74 Å². The Morgan fingerprint density at radius 2 is 2.31 bits per heavy atom. The van der Waals surface area contributed by atoms with E-state index in [1.807, 2.05) is 0 Å². The van der Waals surface area contributed by atoms with E-state index in [4.69, 9.17) is 10.6 Å². The average Bonchev–Trinajstić information content (AvgIpc) is 2.34. The van der Waals surface area contributed by atoms with Gasteiger partial charge in [-0.1, -0.05) is 12.1 Å². The van der Waals surface area contributed by atoms with E-state index in [0.29, 0.717) is 6.67 Å². The van der Waals surface area contributed by atoms with Crippen molar-refractivity contribution in [3.63, 3.8) is 0 Å². The van der Waals surface area contributed by atoms with Gasteiger partial charge in [-0.05, 0) is 36.5 Å². The fourth-order valence-electron chi connectivity index (χ4n) is 1.96. The zero-order chi connectivity index (χ0) is 11.2. The molecule has 1 aromatic rings. The van der Waals surface area contributed by atoms with Gasteiger partial charge in [0.1, 0.15) is 5.75 Å². The predicted molar refractivity (Wildman–Crippen MR) is 64.2 cm³/mol. The van der Waals surface area contributed by atoms with Crippen molar-refractivity contribution in [1.82, 2.24) is 10.7 Å². The molecule has 4 N–H and O–H groups in total. The molecule has 1 aliphatic heterocycles. The maximum Gasteiger partial charge on any atom is 0.122 e. The van der Waals surface area contributed by atoms with Crippen molar-refractivity contribution in [1.29, 1.82) is 0 Å². The molecule has 0 saturated carbocycles. The van der Waals surface area contributed by atoms with E-state index in [1.54, 1.807) is 0 Å². The van der Waals surface area contributed by atoms with E-state index >= 15 is 0 Å². The first-order valence-electron chi connectivity index (χ1n) is 5.79. The zero-order valence-corrected chi connectivity index (χ0v) is 9.46. The molecular formula is C12H19N3O. The molecule has 1 heterocycles. The number of hydrazine groups is 1. The van der Waals surface area contributed by atoms with Gasteiger partial charge in [0.05, 0.1) is 13.3 Å². The lowest BCUT2D eigenvalue weighted by Gasteiger charge is -2.17. The molecule has 4 nitrogen and oxygen atoms in total. The monoisotopic (exact) mass is 221 g/mol. The zero-order valence-electron chi connectivity index (χ0n) is 9.46. The number of hydrogen-bond acceptors (Lipinski definition) is 4. The van der Waals surface area contributed by atoms with Crippen LogP contribution in [0, 0.1) is 0 Å². The topological polar surface area (TPSA) is 59.3 Å². The van der Waals surface area contributed by atoms with Crippen molar-refractivity contribution in [2.24, 2.45) is 5.84 Å². The molecule has 1 aliphatic rings. The van der Waals surface area contributed by atoms with Gasteiger partial charge in [0.2, 0.25) is 0 Å². The van der Waals surface area contributed by atoms with E-state index in [0.717, 1.165) is 38.2 Å². The van der Waals surface area contributed by atoms with Gasteiger partial charge in [-0.15, -0.1) is 0 Å². The summed E-state index contributed by atoms with van der Waals surface area (Å²) < 4.78 is 5.58. The number of benzene rings is 1. The van der Waals surface area contributed by atoms with E-state index in [-0.39, 0.29) is 0 Å². The Bertz CT molecular complexity index is 341. The Kier molecular flexibility index (Phi) is 4.16. The van der Waals surface area contributed by atoms with Gasteiger partial charge < -0.3 is 10.1 Å². The maximum absolute atomic E-state index is 5.58. The predicted octanol–water partition coefficient (Wildman–Crippen LogP) is 0.565. The molecule has 0 bridgehead atoms. The van der Waals surface area contributed by atoms with Crippen molar-refractivity contribution in [3.8, 4) is 5.75 Å². The van der Waals surface area contributed by atoms with Gasteiger partial charge in [-0.25, -0.2) is 5.43 Å².